The Morgan fingerprint density at radius 3 is 2.57 bits per heavy atom. The first kappa shape index (κ1) is 14.2. The van der Waals surface area contributed by atoms with E-state index in [9.17, 15) is 0 Å². The Labute approximate surface area is 133 Å². The van der Waals surface area contributed by atoms with Crippen LogP contribution in [0.15, 0.2) is 59.2 Å². The van der Waals surface area contributed by atoms with Crippen molar-refractivity contribution in [1.82, 2.24) is 10.3 Å². The first-order valence-corrected chi connectivity index (χ1v) is 7.77. The lowest BCUT2D eigenvalue weighted by molar-refractivity contribution is 0.693. The Hall–Kier alpha value is -1.71. The summed E-state index contributed by atoms with van der Waals surface area (Å²) in [5.41, 5.74) is 4.76. The van der Waals surface area contributed by atoms with Crippen LogP contribution in [0, 0.1) is 6.92 Å². The second kappa shape index (κ2) is 5.96. The Morgan fingerprint density at radius 2 is 1.76 bits per heavy atom. The second-order valence-corrected chi connectivity index (χ2v) is 5.91. The number of aryl methyl sites for hydroxylation is 1. The van der Waals surface area contributed by atoms with Gasteiger partial charge in [0, 0.05) is 16.1 Å². The van der Waals surface area contributed by atoms with Crippen molar-refractivity contribution in [2.75, 3.05) is 7.05 Å². The molecule has 2 aromatic carbocycles. The molecule has 3 aromatic rings. The van der Waals surface area contributed by atoms with Gasteiger partial charge in [-0.05, 0) is 42.8 Å². The molecule has 1 atom stereocenters. The average Bonchev–Trinajstić information content (AvgIpc) is 2.52. The highest BCUT2D eigenvalue weighted by Crippen LogP contribution is 2.33. The molecule has 0 aliphatic heterocycles. The fourth-order valence-corrected chi connectivity index (χ4v) is 3.24. The zero-order chi connectivity index (χ0) is 14.8. The van der Waals surface area contributed by atoms with E-state index >= 15 is 0 Å². The number of hydrogen-bond acceptors (Lipinski definition) is 2. The van der Waals surface area contributed by atoms with Gasteiger partial charge in [0.1, 0.15) is 0 Å². The van der Waals surface area contributed by atoms with E-state index in [0.717, 1.165) is 9.99 Å². The molecule has 1 heterocycles. The highest BCUT2D eigenvalue weighted by Gasteiger charge is 2.18. The van der Waals surface area contributed by atoms with E-state index in [1.165, 1.54) is 22.1 Å². The molecule has 1 unspecified atom stereocenters. The summed E-state index contributed by atoms with van der Waals surface area (Å²) in [7, 11) is 1.99. The maximum atomic E-state index is 4.45. The number of halogens is 1. The van der Waals surface area contributed by atoms with E-state index in [1.54, 1.807) is 0 Å². The van der Waals surface area contributed by atoms with Gasteiger partial charge in [-0.2, -0.15) is 0 Å². The summed E-state index contributed by atoms with van der Waals surface area (Å²) < 4.78 is 1.16. The number of benzene rings is 2. The standard InChI is InChI=1S/C18H17BrN2/c1-12-6-3-8-15(17(12)19)18(20-2)14-7-4-10-16-13(14)9-5-11-21-16/h3-11,18,20H,1-2H3. The molecule has 0 amide bonds. The monoisotopic (exact) mass is 340 g/mol. The van der Waals surface area contributed by atoms with E-state index in [0.29, 0.717) is 0 Å². The average molecular weight is 341 g/mol. The molecule has 3 rings (SSSR count). The minimum absolute atomic E-state index is 0.132. The van der Waals surface area contributed by atoms with Gasteiger partial charge in [-0.15, -0.1) is 0 Å². The molecule has 0 saturated carbocycles. The van der Waals surface area contributed by atoms with E-state index in [2.05, 4.69) is 75.6 Å². The SMILES string of the molecule is CNC(c1cccc(C)c1Br)c1cccc2ncccc12. The third kappa shape index (κ3) is 2.59. The van der Waals surface area contributed by atoms with Gasteiger partial charge in [-0.25, -0.2) is 0 Å². The van der Waals surface area contributed by atoms with Crippen molar-refractivity contribution < 1.29 is 0 Å². The smallest absolute Gasteiger partial charge is 0.0705 e. The summed E-state index contributed by atoms with van der Waals surface area (Å²) in [6.07, 6.45) is 1.84. The fourth-order valence-electron chi connectivity index (χ4n) is 2.75. The maximum Gasteiger partial charge on any atom is 0.0705 e. The van der Waals surface area contributed by atoms with Crippen LogP contribution < -0.4 is 5.32 Å². The van der Waals surface area contributed by atoms with E-state index in [-0.39, 0.29) is 6.04 Å². The van der Waals surface area contributed by atoms with Crippen LogP contribution >= 0.6 is 15.9 Å². The minimum atomic E-state index is 0.132. The normalized spacial score (nSPS) is 12.5. The molecular weight excluding hydrogens is 324 g/mol. The van der Waals surface area contributed by atoms with E-state index < -0.39 is 0 Å². The molecular formula is C18H17BrN2. The second-order valence-electron chi connectivity index (χ2n) is 5.12. The summed E-state index contributed by atoms with van der Waals surface area (Å²) in [5.74, 6) is 0. The van der Waals surface area contributed by atoms with Crippen molar-refractivity contribution in [2.24, 2.45) is 0 Å². The lowest BCUT2D eigenvalue weighted by Crippen LogP contribution is -2.18. The van der Waals surface area contributed by atoms with E-state index in [1.807, 2.05) is 19.3 Å². The molecule has 0 aliphatic carbocycles. The molecule has 0 fully saturated rings. The van der Waals surface area contributed by atoms with Gasteiger partial charge in [-0.1, -0.05) is 52.3 Å². The van der Waals surface area contributed by atoms with Crippen molar-refractivity contribution >= 4 is 26.8 Å². The molecule has 0 radical (unpaired) electrons. The number of fused-ring (bicyclic) bond motifs is 1. The van der Waals surface area contributed by atoms with Crippen LogP contribution in [0.25, 0.3) is 10.9 Å². The largest absolute Gasteiger partial charge is 0.309 e. The Kier molecular flexibility index (Phi) is 4.04. The van der Waals surface area contributed by atoms with Crippen molar-refractivity contribution in [3.63, 3.8) is 0 Å². The van der Waals surface area contributed by atoms with Gasteiger partial charge in [0.2, 0.25) is 0 Å². The summed E-state index contributed by atoms with van der Waals surface area (Å²) in [5, 5.41) is 4.62. The fraction of sp³-hybridized carbons (Fsp3) is 0.167. The quantitative estimate of drug-likeness (QED) is 0.752. The predicted octanol–water partition coefficient (Wildman–Crippen LogP) is 4.61. The Balaban J connectivity index is 2.21. The van der Waals surface area contributed by atoms with Crippen LogP contribution in [-0.2, 0) is 0 Å². The summed E-state index contributed by atoms with van der Waals surface area (Å²) >= 11 is 3.73. The minimum Gasteiger partial charge on any atom is -0.309 e. The Morgan fingerprint density at radius 1 is 1.00 bits per heavy atom. The Bertz CT molecular complexity index is 778. The topological polar surface area (TPSA) is 24.9 Å². The molecule has 106 valence electrons. The van der Waals surface area contributed by atoms with Gasteiger partial charge in [-0.3, -0.25) is 4.98 Å². The van der Waals surface area contributed by atoms with Gasteiger partial charge >= 0.3 is 0 Å². The van der Waals surface area contributed by atoms with Crippen molar-refractivity contribution in [3.8, 4) is 0 Å². The van der Waals surface area contributed by atoms with Crippen molar-refractivity contribution in [1.29, 1.82) is 0 Å². The van der Waals surface area contributed by atoms with Crippen molar-refractivity contribution in [3.05, 3.63) is 75.9 Å². The van der Waals surface area contributed by atoms with Gasteiger partial charge in [0.25, 0.3) is 0 Å². The molecule has 1 aromatic heterocycles. The number of aromatic nitrogens is 1. The lowest BCUT2D eigenvalue weighted by Gasteiger charge is -2.21. The van der Waals surface area contributed by atoms with Gasteiger partial charge in [0.05, 0.1) is 11.6 Å². The number of pyridine rings is 1. The number of rotatable bonds is 3. The number of hydrogen-bond donors (Lipinski definition) is 1. The molecule has 3 heteroatoms. The molecule has 0 spiro atoms. The van der Waals surface area contributed by atoms with Crippen LogP contribution in [0.4, 0.5) is 0 Å². The molecule has 0 bridgehead atoms. The van der Waals surface area contributed by atoms with Crippen LogP contribution in [0.3, 0.4) is 0 Å². The zero-order valence-corrected chi connectivity index (χ0v) is 13.7. The summed E-state index contributed by atoms with van der Waals surface area (Å²) in [6, 6.07) is 16.9. The number of nitrogens with one attached hydrogen (secondary N) is 1. The molecule has 1 N–H and O–H groups in total. The third-order valence-electron chi connectivity index (χ3n) is 3.81. The number of nitrogens with zero attached hydrogens (tertiary/aromatic N) is 1. The zero-order valence-electron chi connectivity index (χ0n) is 12.1. The molecule has 2 nitrogen and oxygen atoms in total. The molecule has 0 aliphatic rings. The molecule has 21 heavy (non-hydrogen) atoms. The highest BCUT2D eigenvalue weighted by molar-refractivity contribution is 9.10. The summed E-state index contributed by atoms with van der Waals surface area (Å²) in [6.45, 7) is 2.12. The predicted molar refractivity (Wildman–Crippen MR) is 91.5 cm³/mol. The summed E-state index contributed by atoms with van der Waals surface area (Å²) in [4.78, 5) is 4.45. The van der Waals surface area contributed by atoms with E-state index in [4.69, 9.17) is 0 Å². The highest BCUT2D eigenvalue weighted by atomic mass is 79.9. The maximum absolute atomic E-state index is 4.45. The van der Waals surface area contributed by atoms with Crippen LogP contribution in [0.5, 0.6) is 0 Å². The lowest BCUT2D eigenvalue weighted by atomic mass is 9.94. The van der Waals surface area contributed by atoms with Gasteiger partial charge < -0.3 is 5.32 Å². The first-order valence-electron chi connectivity index (χ1n) is 6.98. The van der Waals surface area contributed by atoms with Gasteiger partial charge in [0.15, 0.2) is 0 Å². The van der Waals surface area contributed by atoms with Crippen molar-refractivity contribution in [2.45, 2.75) is 13.0 Å². The van der Waals surface area contributed by atoms with Crippen LogP contribution in [0.2, 0.25) is 0 Å². The third-order valence-corrected chi connectivity index (χ3v) is 4.90. The van der Waals surface area contributed by atoms with Crippen LogP contribution in [-0.4, -0.2) is 12.0 Å². The molecule has 0 saturated heterocycles. The first-order chi connectivity index (χ1) is 10.2. The van der Waals surface area contributed by atoms with Crippen LogP contribution in [0.1, 0.15) is 22.7 Å².